The summed E-state index contributed by atoms with van der Waals surface area (Å²) in [5.74, 6) is 1.29. The van der Waals surface area contributed by atoms with Crippen LogP contribution in [0.4, 0.5) is 0 Å². The summed E-state index contributed by atoms with van der Waals surface area (Å²) < 4.78 is 0. The van der Waals surface area contributed by atoms with Crippen molar-refractivity contribution in [2.24, 2.45) is 11.3 Å². The summed E-state index contributed by atoms with van der Waals surface area (Å²) in [5, 5.41) is 0. The van der Waals surface area contributed by atoms with Gasteiger partial charge in [0.2, 0.25) is 0 Å². The van der Waals surface area contributed by atoms with Crippen LogP contribution in [0.5, 0.6) is 0 Å². The van der Waals surface area contributed by atoms with Crippen LogP contribution in [-0.4, -0.2) is 5.78 Å². The summed E-state index contributed by atoms with van der Waals surface area (Å²) in [6.07, 6.45) is 16.1. The molecule has 0 aromatic rings. The molecule has 0 aromatic heterocycles. The summed E-state index contributed by atoms with van der Waals surface area (Å²) in [7, 11) is 0. The first-order valence-electron chi connectivity index (χ1n) is 9.08. The molecule has 0 aliphatic heterocycles. The summed E-state index contributed by atoms with van der Waals surface area (Å²) in [5.41, 5.74) is 0.236. The Morgan fingerprint density at radius 1 is 0.950 bits per heavy atom. The Kier molecular flexibility index (Phi) is 8.49. The SMILES string of the molecule is CCCCCCCCC(=O)CC(C)(C)C1CCCCC1. The van der Waals surface area contributed by atoms with Gasteiger partial charge in [0.15, 0.2) is 0 Å². The van der Waals surface area contributed by atoms with Crippen molar-refractivity contribution >= 4 is 5.78 Å². The number of ketones is 1. The number of rotatable bonds is 10. The van der Waals surface area contributed by atoms with Gasteiger partial charge in [0, 0.05) is 12.8 Å². The highest BCUT2D eigenvalue weighted by Gasteiger charge is 2.32. The molecule has 20 heavy (non-hydrogen) atoms. The van der Waals surface area contributed by atoms with Crippen molar-refractivity contribution in [2.75, 3.05) is 0 Å². The minimum absolute atomic E-state index is 0.236. The number of carbonyl (C=O) groups excluding carboxylic acids is 1. The predicted octanol–water partition coefficient (Wildman–Crippen LogP) is 6.30. The highest BCUT2D eigenvalue weighted by atomic mass is 16.1. The lowest BCUT2D eigenvalue weighted by Crippen LogP contribution is -2.28. The molecule has 0 unspecified atom stereocenters. The van der Waals surface area contributed by atoms with Gasteiger partial charge in [-0.25, -0.2) is 0 Å². The first kappa shape index (κ1) is 17.7. The van der Waals surface area contributed by atoms with Crippen molar-refractivity contribution in [3.63, 3.8) is 0 Å². The van der Waals surface area contributed by atoms with Crippen molar-refractivity contribution < 1.29 is 4.79 Å². The van der Waals surface area contributed by atoms with Crippen molar-refractivity contribution in [1.29, 1.82) is 0 Å². The third kappa shape index (κ3) is 6.90. The van der Waals surface area contributed by atoms with E-state index in [1.807, 2.05) is 0 Å². The quantitative estimate of drug-likeness (QED) is 0.429. The van der Waals surface area contributed by atoms with E-state index in [9.17, 15) is 4.79 Å². The van der Waals surface area contributed by atoms with Crippen LogP contribution in [0.15, 0.2) is 0 Å². The van der Waals surface area contributed by atoms with Gasteiger partial charge in [0.25, 0.3) is 0 Å². The van der Waals surface area contributed by atoms with Crippen molar-refractivity contribution in [1.82, 2.24) is 0 Å². The van der Waals surface area contributed by atoms with Gasteiger partial charge in [-0.3, -0.25) is 4.79 Å². The average molecular weight is 280 g/mol. The standard InChI is InChI=1S/C19H36O/c1-4-5-6-7-8-12-15-18(20)16-19(2,3)17-13-10-9-11-14-17/h17H,4-16H2,1-3H3. The Hall–Kier alpha value is -0.330. The fraction of sp³-hybridized carbons (Fsp3) is 0.947. The fourth-order valence-electron chi connectivity index (χ4n) is 3.73. The number of hydrogen-bond donors (Lipinski definition) is 0. The maximum atomic E-state index is 12.2. The average Bonchev–Trinajstić information content (AvgIpc) is 2.43. The van der Waals surface area contributed by atoms with Gasteiger partial charge in [-0.1, -0.05) is 72.1 Å². The Balaban J connectivity index is 2.16. The molecular weight excluding hydrogens is 244 g/mol. The van der Waals surface area contributed by atoms with Crippen LogP contribution >= 0.6 is 0 Å². The van der Waals surface area contributed by atoms with Crippen LogP contribution in [0.3, 0.4) is 0 Å². The van der Waals surface area contributed by atoms with Crippen LogP contribution in [0, 0.1) is 11.3 Å². The largest absolute Gasteiger partial charge is 0.300 e. The van der Waals surface area contributed by atoms with Crippen molar-refractivity contribution in [3.05, 3.63) is 0 Å². The smallest absolute Gasteiger partial charge is 0.133 e. The molecular formula is C19H36O. The molecule has 1 nitrogen and oxygen atoms in total. The second kappa shape index (κ2) is 9.58. The molecule has 0 atom stereocenters. The summed E-state index contributed by atoms with van der Waals surface area (Å²) >= 11 is 0. The molecule has 118 valence electrons. The van der Waals surface area contributed by atoms with Gasteiger partial charge in [-0.15, -0.1) is 0 Å². The summed E-state index contributed by atoms with van der Waals surface area (Å²) in [4.78, 5) is 12.2. The lowest BCUT2D eigenvalue weighted by Gasteiger charge is -2.36. The van der Waals surface area contributed by atoms with Crippen LogP contribution < -0.4 is 0 Å². The third-order valence-corrected chi connectivity index (χ3v) is 5.17. The molecule has 0 bridgehead atoms. The van der Waals surface area contributed by atoms with E-state index in [0.717, 1.165) is 25.2 Å². The fourth-order valence-corrected chi connectivity index (χ4v) is 3.73. The van der Waals surface area contributed by atoms with Gasteiger partial charge in [-0.05, 0) is 30.6 Å². The third-order valence-electron chi connectivity index (χ3n) is 5.17. The summed E-state index contributed by atoms with van der Waals surface area (Å²) in [6.45, 7) is 6.89. The highest BCUT2D eigenvalue weighted by molar-refractivity contribution is 5.79. The second-order valence-corrected chi connectivity index (χ2v) is 7.56. The van der Waals surface area contributed by atoms with E-state index in [0.29, 0.717) is 5.78 Å². The Morgan fingerprint density at radius 2 is 1.55 bits per heavy atom. The minimum atomic E-state index is 0.236. The molecule has 1 heteroatoms. The number of hydrogen-bond acceptors (Lipinski definition) is 1. The number of carbonyl (C=O) groups is 1. The van der Waals surface area contributed by atoms with Crippen LogP contribution in [0.1, 0.15) is 104 Å². The molecule has 1 aliphatic carbocycles. The van der Waals surface area contributed by atoms with Gasteiger partial charge in [0.05, 0.1) is 0 Å². The molecule has 0 aromatic carbocycles. The van der Waals surface area contributed by atoms with E-state index in [1.54, 1.807) is 0 Å². The van der Waals surface area contributed by atoms with E-state index in [-0.39, 0.29) is 5.41 Å². The molecule has 0 spiro atoms. The van der Waals surface area contributed by atoms with E-state index < -0.39 is 0 Å². The van der Waals surface area contributed by atoms with Crippen molar-refractivity contribution in [3.8, 4) is 0 Å². The van der Waals surface area contributed by atoms with Gasteiger partial charge < -0.3 is 0 Å². The molecule has 0 saturated heterocycles. The monoisotopic (exact) mass is 280 g/mol. The lowest BCUT2D eigenvalue weighted by atomic mass is 9.68. The zero-order valence-corrected chi connectivity index (χ0v) is 14.2. The Bertz CT molecular complexity index is 261. The van der Waals surface area contributed by atoms with E-state index >= 15 is 0 Å². The number of Topliss-reactive ketones (excluding diaryl/α,β-unsaturated/α-hetero) is 1. The zero-order chi connectivity index (χ0) is 14.8. The molecule has 0 N–H and O–H groups in total. The maximum absolute atomic E-state index is 12.2. The van der Waals surface area contributed by atoms with E-state index in [4.69, 9.17) is 0 Å². The predicted molar refractivity (Wildman–Crippen MR) is 88.0 cm³/mol. The zero-order valence-electron chi connectivity index (χ0n) is 14.2. The van der Waals surface area contributed by atoms with Gasteiger partial charge in [-0.2, -0.15) is 0 Å². The van der Waals surface area contributed by atoms with Crippen LogP contribution in [0.25, 0.3) is 0 Å². The molecule has 0 heterocycles. The molecule has 1 aliphatic rings. The molecule has 1 saturated carbocycles. The van der Waals surface area contributed by atoms with E-state index in [2.05, 4.69) is 20.8 Å². The second-order valence-electron chi connectivity index (χ2n) is 7.56. The molecule has 0 radical (unpaired) electrons. The lowest BCUT2D eigenvalue weighted by molar-refractivity contribution is -0.122. The first-order valence-corrected chi connectivity index (χ1v) is 9.08. The van der Waals surface area contributed by atoms with E-state index in [1.165, 1.54) is 64.2 Å². The minimum Gasteiger partial charge on any atom is -0.300 e. The molecule has 0 amide bonds. The normalized spacial score (nSPS) is 17.4. The highest BCUT2D eigenvalue weighted by Crippen LogP contribution is 2.40. The van der Waals surface area contributed by atoms with Crippen LogP contribution in [-0.2, 0) is 4.79 Å². The van der Waals surface area contributed by atoms with Crippen molar-refractivity contribution in [2.45, 2.75) is 104 Å². The van der Waals surface area contributed by atoms with Crippen LogP contribution in [0.2, 0.25) is 0 Å². The number of unbranched alkanes of at least 4 members (excludes halogenated alkanes) is 5. The maximum Gasteiger partial charge on any atom is 0.133 e. The van der Waals surface area contributed by atoms with Gasteiger partial charge in [0.1, 0.15) is 5.78 Å². The topological polar surface area (TPSA) is 17.1 Å². The molecule has 1 fully saturated rings. The van der Waals surface area contributed by atoms with Gasteiger partial charge >= 0.3 is 0 Å². The Labute approximate surface area is 126 Å². The molecule has 1 rings (SSSR count). The first-order chi connectivity index (χ1) is 9.56. The summed E-state index contributed by atoms with van der Waals surface area (Å²) in [6, 6.07) is 0. The Morgan fingerprint density at radius 3 is 2.20 bits per heavy atom.